The van der Waals surface area contributed by atoms with Crippen LogP contribution in [-0.2, 0) is 9.53 Å². The van der Waals surface area contributed by atoms with Crippen molar-refractivity contribution < 1.29 is 34.7 Å². The quantitative estimate of drug-likeness (QED) is 0.470. The minimum absolute atomic E-state index is 0.0752. The Kier molecular flexibility index (Phi) is 5.38. The van der Waals surface area contributed by atoms with Crippen LogP contribution >= 0.6 is 0 Å². The number of phenols is 1. The molecular formula is C16H18O7. The Morgan fingerprint density at radius 3 is 2.78 bits per heavy atom. The van der Waals surface area contributed by atoms with E-state index in [1.54, 1.807) is 13.0 Å². The van der Waals surface area contributed by atoms with Gasteiger partial charge in [0.05, 0.1) is 6.61 Å². The third-order valence-electron chi connectivity index (χ3n) is 3.33. The predicted molar refractivity (Wildman–Crippen MR) is 80.9 cm³/mol. The van der Waals surface area contributed by atoms with E-state index in [4.69, 9.17) is 14.6 Å². The van der Waals surface area contributed by atoms with E-state index in [9.17, 15) is 20.1 Å². The number of carboxylic acid groups (broad SMARTS) is 1. The lowest BCUT2D eigenvalue weighted by Gasteiger charge is -2.31. The van der Waals surface area contributed by atoms with E-state index in [-0.39, 0.29) is 18.1 Å². The van der Waals surface area contributed by atoms with Crippen LogP contribution in [0.25, 0.3) is 6.08 Å². The number of aromatic hydroxyl groups is 1. The van der Waals surface area contributed by atoms with Crippen LogP contribution in [0.3, 0.4) is 0 Å². The van der Waals surface area contributed by atoms with Crippen molar-refractivity contribution in [1.29, 1.82) is 0 Å². The number of aliphatic hydroxyl groups excluding tert-OH is 2. The summed E-state index contributed by atoms with van der Waals surface area (Å²) in [6.45, 7) is 1.47. The molecule has 0 radical (unpaired) electrons. The fourth-order valence-corrected chi connectivity index (χ4v) is 2.12. The molecule has 2 rings (SSSR count). The number of benzene rings is 1. The van der Waals surface area contributed by atoms with Gasteiger partial charge in [-0.2, -0.15) is 0 Å². The molecule has 1 aromatic rings. The second-order valence-corrected chi connectivity index (χ2v) is 5.09. The zero-order chi connectivity index (χ0) is 17.0. The van der Waals surface area contributed by atoms with Crippen molar-refractivity contribution in [3.05, 3.63) is 41.5 Å². The van der Waals surface area contributed by atoms with E-state index >= 15 is 0 Å². The summed E-state index contributed by atoms with van der Waals surface area (Å²) in [7, 11) is 0. The zero-order valence-electron chi connectivity index (χ0n) is 12.4. The number of rotatable bonds is 5. The van der Waals surface area contributed by atoms with E-state index < -0.39 is 24.5 Å². The smallest absolute Gasteiger partial charge is 0.328 e. The van der Waals surface area contributed by atoms with Gasteiger partial charge in [0.15, 0.2) is 11.5 Å². The molecule has 0 saturated heterocycles. The van der Waals surface area contributed by atoms with Gasteiger partial charge in [0.2, 0.25) is 6.29 Å². The zero-order valence-corrected chi connectivity index (χ0v) is 12.4. The topological polar surface area (TPSA) is 116 Å². The third-order valence-corrected chi connectivity index (χ3v) is 3.33. The van der Waals surface area contributed by atoms with Crippen LogP contribution < -0.4 is 4.74 Å². The fraction of sp³-hybridized carbons (Fsp3) is 0.312. The Morgan fingerprint density at radius 2 is 2.17 bits per heavy atom. The Hall–Kier alpha value is -2.35. The van der Waals surface area contributed by atoms with Crippen LogP contribution in [-0.4, -0.2) is 51.5 Å². The summed E-state index contributed by atoms with van der Waals surface area (Å²) in [6.07, 6.45) is 1.11. The normalized spacial score (nSPS) is 24.5. The second kappa shape index (κ2) is 7.28. The molecule has 1 aliphatic heterocycles. The van der Waals surface area contributed by atoms with Gasteiger partial charge in [-0.3, -0.25) is 0 Å². The second-order valence-electron chi connectivity index (χ2n) is 5.09. The maximum Gasteiger partial charge on any atom is 0.328 e. The van der Waals surface area contributed by atoms with Crippen LogP contribution in [0.2, 0.25) is 0 Å². The highest BCUT2D eigenvalue weighted by Gasteiger charge is 2.30. The lowest BCUT2D eigenvalue weighted by Crippen LogP contribution is -2.42. The van der Waals surface area contributed by atoms with E-state index in [1.165, 1.54) is 24.3 Å². The Bertz CT molecular complexity index is 635. The van der Waals surface area contributed by atoms with Gasteiger partial charge in [-0.05, 0) is 42.3 Å². The van der Waals surface area contributed by atoms with E-state index in [1.807, 2.05) is 0 Å². The first kappa shape index (κ1) is 17.0. The molecule has 1 aliphatic rings. The number of hydrogen-bond acceptors (Lipinski definition) is 6. The maximum absolute atomic E-state index is 10.5. The number of aliphatic carboxylic acids is 1. The molecule has 0 saturated carbocycles. The van der Waals surface area contributed by atoms with Crippen LogP contribution in [0, 0.1) is 0 Å². The Labute approximate surface area is 132 Å². The van der Waals surface area contributed by atoms with Gasteiger partial charge in [-0.25, -0.2) is 4.79 Å². The molecule has 23 heavy (non-hydrogen) atoms. The van der Waals surface area contributed by atoms with Crippen LogP contribution in [0.5, 0.6) is 11.5 Å². The first-order valence-corrected chi connectivity index (χ1v) is 6.94. The van der Waals surface area contributed by atoms with Crippen molar-refractivity contribution >= 4 is 12.0 Å². The summed E-state index contributed by atoms with van der Waals surface area (Å²) in [4.78, 5) is 10.5. The van der Waals surface area contributed by atoms with Crippen molar-refractivity contribution in [3.8, 4) is 11.5 Å². The SMILES string of the molecule is CC1=CC(O)C(Oc2ccc(/C=C/C(=O)O)cc2O)OC1CO. The molecule has 0 bridgehead atoms. The summed E-state index contributed by atoms with van der Waals surface area (Å²) in [6, 6.07) is 4.31. The lowest BCUT2D eigenvalue weighted by atomic mass is 10.1. The van der Waals surface area contributed by atoms with Crippen molar-refractivity contribution in [2.24, 2.45) is 0 Å². The van der Waals surface area contributed by atoms with E-state index in [2.05, 4.69) is 0 Å². The third kappa shape index (κ3) is 4.32. The number of carbonyl (C=O) groups is 1. The summed E-state index contributed by atoms with van der Waals surface area (Å²) < 4.78 is 10.9. The molecule has 4 N–H and O–H groups in total. The summed E-state index contributed by atoms with van der Waals surface area (Å²) in [5, 5.41) is 37.7. The Morgan fingerprint density at radius 1 is 1.43 bits per heavy atom. The van der Waals surface area contributed by atoms with Crippen molar-refractivity contribution in [2.45, 2.75) is 25.4 Å². The summed E-state index contributed by atoms with van der Waals surface area (Å²) in [5.74, 6) is -1.24. The minimum Gasteiger partial charge on any atom is -0.504 e. The lowest BCUT2D eigenvalue weighted by molar-refractivity contribution is -0.169. The largest absolute Gasteiger partial charge is 0.504 e. The minimum atomic E-state index is -1.10. The number of carboxylic acids is 1. The number of aliphatic hydroxyl groups is 2. The molecule has 7 heteroatoms. The molecule has 124 valence electrons. The summed E-state index contributed by atoms with van der Waals surface area (Å²) in [5.41, 5.74) is 1.17. The average molecular weight is 322 g/mol. The van der Waals surface area contributed by atoms with E-state index in [0.717, 1.165) is 6.08 Å². The standard InChI is InChI=1S/C16H18O7/c1-9-6-12(19)16(23-14(9)8-17)22-13-4-2-10(7-11(13)18)3-5-15(20)21/h2-7,12,14,16-19H,8H2,1H3,(H,20,21)/b5-3+. The van der Waals surface area contributed by atoms with Crippen molar-refractivity contribution in [3.63, 3.8) is 0 Å². The molecule has 3 unspecified atom stereocenters. The van der Waals surface area contributed by atoms with E-state index in [0.29, 0.717) is 11.1 Å². The molecular weight excluding hydrogens is 304 g/mol. The number of phenolic OH excluding ortho intramolecular Hbond substituents is 1. The fourth-order valence-electron chi connectivity index (χ4n) is 2.12. The van der Waals surface area contributed by atoms with Crippen molar-refractivity contribution in [1.82, 2.24) is 0 Å². The van der Waals surface area contributed by atoms with Gasteiger partial charge in [-0.15, -0.1) is 0 Å². The highest BCUT2D eigenvalue weighted by molar-refractivity contribution is 5.85. The van der Waals surface area contributed by atoms with Crippen LogP contribution in [0.1, 0.15) is 12.5 Å². The van der Waals surface area contributed by atoms with Gasteiger partial charge >= 0.3 is 5.97 Å². The molecule has 0 amide bonds. The first-order chi connectivity index (χ1) is 10.9. The van der Waals surface area contributed by atoms with Crippen LogP contribution in [0.4, 0.5) is 0 Å². The molecule has 1 aromatic carbocycles. The average Bonchev–Trinajstić information content (AvgIpc) is 2.49. The summed E-state index contributed by atoms with van der Waals surface area (Å²) >= 11 is 0. The molecule has 3 atom stereocenters. The van der Waals surface area contributed by atoms with Gasteiger partial charge in [0.25, 0.3) is 0 Å². The number of hydrogen-bond donors (Lipinski definition) is 4. The highest BCUT2D eigenvalue weighted by Crippen LogP contribution is 2.30. The molecule has 1 heterocycles. The highest BCUT2D eigenvalue weighted by atomic mass is 16.7. The molecule has 0 spiro atoms. The predicted octanol–water partition coefficient (Wildman–Crippen LogP) is 0.893. The molecule has 7 nitrogen and oxygen atoms in total. The Balaban J connectivity index is 2.13. The number of ether oxygens (including phenoxy) is 2. The molecule has 0 aromatic heterocycles. The molecule has 0 aliphatic carbocycles. The monoisotopic (exact) mass is 322 g/mol. The first-order valence-electron chi connectivity index (χ1n) is 6.94. The van der Waals surface area contributed by atoms with Crippen molar-refractivity contribution in [2.75, 3.05) is 6.61 Å². The molecule has 0 fully saturated rings. The van der Waals surface area contributed by atoms with Gasteiger partial charge in [-0.1, -0.05) is 6.07 Å². The maximum atomic E-state index is 10.5. The van der Waals surface area contributed by atoms with Gasteiger partial charge in [0.1, 0.15) is 12.2 Å². The van der Waals surface area contributed by atoms with Crippen LogP contribution in [0.15, 0.2) is 35.9 Å². The van der Waals surface area contributed by atoms with Gasteiger partial charge < -0.3 is 29.9 Å². The van der Waals surface area contributed by atoms with Gasteiger partial charge in [0, 0.05) is 6.08 Å².